The first-order chi connectivity index (χ1) is 25.4. The maximum Gasteiger partial charge on any atom is 0.408 e. The Bertz CT molecular complexity index is 1760. The van der Waals surface area contributed by atoms with Crippen molar-refractivity contribution in [3.05, 3.63) is 125 Å². The second-order valence-electron chi connectivity index (χ2n) is 13.5. The molecule has 274 valence electrons. The average Bonchev–Trinajstić information content (AvgIpc) is 3.18. The number of hydrogen-bond acceptors (Lipinski definition) is 6. The molecule has 6 rings (SSSR count). The molecule has 2 aliphatic heterocycles. The summed E-state index contributed by atoms with van der Waals surface area (Å²) in [5, 5.41) is 3.70. The van der Waals surface area contributed by atoms with Crippen LogP contribution in [0.25, 0.3) is 11.1 Å². The lowest BCUT2D eigenvalue weighted by atomic mass is 9.88. The van der Waals surface area contributed by atoms with Crippen molar-refractivity contribution in [2.45, 2.75) is 45.4 Å². The molecule has 4 aromatic carbocycles. The number of piperazine rings is 1. The van der Waals surface area contributed by atoms with E-state index in [9.17, 15) is 14.0 Å². The van der Waals surface area contributed by atoms with Gasteiger partial charge in [0.15, 0.2) is 0 Å². The van der Waals surface area contributed by atoms with Crippen LogP contribution in [0.15, 0.2) is 97.1 Å². The number of benzene rings is 4. The van der Waals surface area contributed by atoms with Crippen LogP contribution < -0.4 is 10.1 Å². The molecule has 2 fully saturated rings. The van der Waals surface area contributed by atoms with Crippen LogP contribution in [0.5, 0.6) is 5.75 Å². The predicted octanol–water partition coefficient (Wildman–Crippen LogP) is 7.44. The molecule has 2 aliphatic rings. The number of amides is 2. The molecule has 1 atom stereocenters. The molecule has 2 saturated heterocycles. The fourth-order valence-electron chi connectivity index (χ4n) is 7.26. The third-order valence-electron chi connectivity index (χ3n) is 10.1. The van der Waals surface area contributed by atoms with Crippen LogP contribution in [-0.2, 0) is 29.1 Å². The molecule has 0 radical (unpaired) electrons. The third-order valence-corrected chi connectivity index (χ3v) is 10.4. The van der Waals surface area contributed by atoms with Crippen molar-refractivity contribution in [3.63, 3.8) is 0 Å². The summed E-state index contributed by atoms with van der Waals surface area (Å²) in [4.78, 5) is 33.7. The van der Waals surface area contributed by atoms with Crippen LogP contribution in [-0.4, -0.2) is 85.2 Å². The summed E-state index contributed by atoms with van der Waals surface area (Å²) in [5.41, 5.74) is 4.97. The SMILES string of the molecule is CCOc1cccc(F)c1CN1CCN(C(=O)[C@H](NC(=O)OCc2ccccc2)C2CCN(CCc3cc(Cl)ccc3-c3ccccc3)CC2)CC1. The van der Waals surface area contributed by atoms with Crippen LogP contribution in [0.4, 0.5) is 9.18 Å². The molecule has 4 aromatic rings. The van der Waals surface area contributed by atoms with Crippen LogP contribution in [0.3, 0.4) is 0 Å². The second kappa shape index (κ2) is 18.4. The Morgan fingerprint density at radius 3 is 2.29 bits per heavy atom. The van der Waals surface area contributed by atoms with Crippen molar-refractivity contribution < 1.29 is 23.5 Å². The van der Waals surface area contributed by atoms with Gasteiger partial charge < -0.3 is 24.6 Å². The van der Waals surface area contributed by atoms with Gasteiger partial charge in [-0.05, 0) is 91.7 Å². The zero-order valence-electron chi connectivity index (χ0n) is 29.8. The number of piperidine rings is 1. The maximum absolute atomic E-state index is 14.8. The van der Waals surface area contributed by atoms with Gasteiger partial charge in [0.05, 0.1) is 6.61 Å². The molecule has 8 nitrogen and oxygen atoms in total. The average molecular weight is 727 g/mol. The van der Waals surface area contributed by atoms with Crippen LogP contribution in [0.1, 0.15) is 36.5 Å². The molecule has 2 amide bonds. The Morgan fingerprint density at radius 2 is 1.58 bits per heavy atom. The highest BCUT2D eigenvalue weighted by molar-refractivity contribution is 6.30. The topological polar surface area (TPSA) is 74.3 Å². The molecule has 2 heterocycles. The number of carbonyl (C=O) groups excluding carboxylic acids is 2. The van der Waals surface area contributed by atoms with Crippen LogP contribution in [0, 0.1) is 11.7 Å². The van der Waals surface area contributed by atoms with E-state index in [0.29, 0.717) is 50.6 Å². The first kappa shape index (κ1) is 37.3. The summed E-state index contributed by atoms with van der Waals surface area (Å²) < 4.78 is 26.0. The van der Waals surface area contributed by atoms with Crippen molar-refractivity contribution in [1.82, 2.24) is 20.0 Å². The van der Waals surface area contributed by atoms with E-state index >= 15 is 0 Å². The number of halogens is 2. The quantitative estimate of drug-likeness (QED) is 0.155. The van der Waals surface area contributed by atoms with Gasteiger partial charge in [0.1, 0.15) is 24.2 Å². The van der Waals surface area contributed by atoms with E-state index in [0.717, 1.165) is 49.5 Å². The van der Waals surface area contributed by atoms with Gasteiger partial charge in [-0.3, -0.25) is 9.69 Å². The minimum Gasteiger partial charge on any atom is -0.493 e. The Kier molecular flexibility index (Phi) is 13.2. The minimum atomic E-state index is -0.703. The predicted molar refractivity (Wildman–Crippen MR) is 203 cm³/mol. The Labute approximate surface area is 311 Å². The minimum absolute atomic E-state index is 0.0377. The number of nitrogens with one attached hydrogen (secondary N) is 1. The molecular weight excluding hydrogens is 679 g/mol. The summed E-state index contributed by atoms with van der Waals surface area (Å²) in [6, 6.07) is 30.2. The van der Waals surface area contributed by atoms with E-state index in [1.165, 1.54) is 22.8 Å². The maximum atomic E-state index is 14.8. The van der Waals surface area contributed by atoms with Crippen molar-refractivity contribution in [1.29, 1.82) is 0 Å². The molecule has 0 spiro atoms. The van der Waals surface area contributed by atoms with Gasteiger partial charge in [0.2, 0.25) is 5.91 Å². The molecule has 0 unspecified atom stereocenters. The highest BCUT2D eigenvalue weighted by atomic mass is 35.5. The molecule has 1 N–H and O–H groups in total. The summed E-state index contributed by atoms with van der Waals surface area (Å²) in [7, 11) is 0. The van der Waals surface area contributed by atoms with E-state index in [1.54, 1.807) is 12.1 Å². The molecular formula is C42H48ClFN4O4. The van der Waals surface area contributed by atoms with Crippen molar-refractivity contribution in [2.24, 2.45) is 5.92 Å². The monoisotopic (exact) mass is 726 g/mol. The Balaban J connectivity index is 1.08. The van der Waals surface area contributed by atoms with Gasteiger partial charge in [0.25, 0.3) is 0 Å². The number of nitrogens with zero attached hydrogens (tertiary/aromatic N) is 3. The van der Waals surface area contributed by atoms with Gasteiger partial charge >= 0.3 is 6.09 Å². The number of rotatable bonds is 13. The summed E-state index contributed by atoms with van der Waals surface area (Å²) in [6.45, 7) is 7.50. The van der Waals surface area contributed by atoms with Gasteiger partial charge in [0, 0.05) is 49.9 Å². The number of carbonyl (C=O) groups is 2. The number of alkyl carbamates (subject to hydrolysis) is 1. The summed E-state index contributed by atoms with van der Waals surface area (Å²) >= 11 is 6.42. The Morgan fingerprint density at radius 1 is 0.865 bits per heavy atom. The lowest BCUT2D eigenvalue weighted by molar-refractivity contribution is -0.137. The molecule has 0 aromatic heterocycles. The van der Waals surface area contributed by atoms with Crippen LogP contribution >= 0.6 is 11.6 Å². The largest absolute Gasteiger partial charge is 0.493 e. The molecule has 0 bridgehead atoms. The fourth-order valence-corrected chi connectivity index (χ4v) is 7.45. The summed E-state index contributed by atoms with van der Waals surface area (Å²) in [5.74, 6) is 0.125. The Hall–Kier alpha value is -4.44. The normalized spacial score (nSPS) is 16.3. The third kappa shape index (κ3) is 9.91. The first-order valence-corrected chi connectivity index (χ1v) is 18.7. The van der Waals surface area contributed by atoms with Gasteiger partial charge in [-0.1, -0.05) is 84.4 Å². The van der Waals surface area contributed by atoms with E-state index < -0.39 is 12.1 Å². The standard InChI is InChI=1S/C42H48ClFN4O4/c1-2-51-39-15-9-14-38(44)37(39)29-47-24-26-48(27-25-47)41(49)40(45-42(50)52-30-31-10-5-3-6-11-31)33-18-21-46(22-19-33)23-20-34-28-35(43)16-17-36(34)32-12-7-4-8-13-32/h3-17,28,33,40H,2,18-27,29-30H2,1H3,(H,45,50)/t40-/m1/s1. The van der Waals surface area contributed by atoms with Crippen molar-refractivity contribution >= 4 is 23.6 Å². The smallest absolute Gasteiger partial charge is 0.408 e. The zero-order chi connectivity index (χ0) is 36.3. The molecule has 52 heavy (non-hydrogen) atoms. The van der Waals surface area contributed by atoms with E-state index in [2.05, 4.69) is 39.4 Å². The lowest BCUT2D eigenvalue weighted by Gasteiger charge is -2.40. The van der Waals surface area contributed by atoms with Gasteiger partial charge in [-0.2, -0.15) is 0 Å². The number of hydrogen-bond donors (Lipinski definition) is 1. The molecule has 10 heteroatoms. The molecule has 0 aliphatic carbocycles. The van der Waals surface area contributed by atoms with Crippen molar-refractivity contribution in [3.8, 4) is 16.9 Å². The van der Waals surface area contributed by atoms with E-state index in [4.69, 9.17) is 21.1 Å². The highest BCUT2D eigenvalue weighted by Crippen LogP contribution is 2.29. The van der Waals surface area contributed by atoms with Gasteiger partial charge in [-0.15, -0.1) is 0 Å². The van der Waals surface area contributed by atoms with Gasteiger partial charge in [-0.25, -0.2) is 9.18 Å². The fraction of sp³-hybridized carbons (Fsp3) is 0.381. The number of likely N-dealkylation sites (tertiary alicyclic amines) is 1. The van der Waals surface area contributed by atoms with Crippen LogP contribution in [0.2, 0.25) is 5.02 Å². The number of ether oxygens (including phenoxy) is 2. The highest BCUT2D eigenvalue weighted by Gasteiger charge is 2.37. The van der Waals surface area contributed by atoms with E-state index in [-0.39, 0.29) is 24.2 Å². The zero-order valence-corrected chi connectivity index (χ0v) is 30.6. The first-order valence-electron chi connectivity index (χ1n) is 18.3. The second-order valence-corrected chi connectivity index (χ2v) is 14.0. The van der Waals surface area contributed by atoms with Crippen molar-refractivity contribution in [2.75, 3.05) is 52.4 Å². The summed E-state index contributed by atoms with van der Waals surface area (Å²) in [6.07, 6.45) is 1.79. The van der Waals surface area contributed by atoms with E-state index in [1.807, 2.05) is 66.4 Å². The molecule has 0 saturated carbocycles. The lowest BCUT2D eigenvalue weighted by Crippen LogP contribution is -2.58.